The Morgan fingerprint density at radius 1 is 0.701 bits per heavy atom. The van der Waals surface area contributed by atoms with Crippen LogP contribution in [-0.4, -0.2) is 195 Å². The van der Waals surface area contributed by atoms with E-state index in [1.54, 1.807) is 36.1 Å². The molecule has 0 radical (unpaired) electrons. The molecule has 414 valence electrons. The molecule has 1 saturated carbocycles. The van der Waals surface area contributed by atoms with E-state index in [0.29, 0.717) is 94.3 Å². The standard InChI is InChI=1S/C55H75FN14O7/c1-40-47-36-59-55(64-53(47)70(44-9-3-4-10-44)54(73)52(40)41(2)71)63-48-13-12-46(35-58-48)67-20-18-66(19-21-67)38-51(72)57-14-25-74-27-29-76-31-32-77-30-28-75-26-24-65-16-22-68(23-17-65)50-34-49(60-39-61-50)62-43-8-6-15-69(37-43)45-11-5-7-42(56)33-45/h5,7,11-13,33-36,39,43-44H,3-4,6,8-10,14-32,37-38H2,1-2H3,(H,57,72)(H,60,61,62)(H,58,59,63,64)/t43-/m1/s1. The summed E-state index contributed by atoms with van der Waals surface area (Å²) >= 11 is 0. The third-order valence-electron chi connectivity index (χ3n) is 14.9. The van der Waals surface area contributed by atoms with Crippen molar-refractivity contribution in [2.75, 3.05) is 163 Å². The predicted octanol–water partition coefficient (Wildman–Crippen LogP) is 4.69. The van der Waals surface area contributed by atoms with Gasteiger partial charge in [-0.25, -0.2) is 24.3 Å². The van der Waals surface area contributed by atoms with Crippen molar-refractivity contribution in [1.82, 2.24) is 44.6 Å². The van der Waals surface area contributed by atoms with Crippen LogP contribution in [0.1, 0.15) is 67.4 Å². The average molecular weight is 1060 g/mol. The van der Waals surface area contributed by atoms with Gasteiger partial charge in [-0.05, 0) is 75.4 Å². The van der Waals surface area contributed by atoms with Gasteiger partial charge in [-0.2, -0.15) is 4.98 Å². The van der Waals surface area contributed by atoms with E-state index in [9.17, 15) is 18.8 Å². The molecule has 3 N–H and O–H groups in total. The lowest BCUT2D eigenvalue weighted by Crippen LogP contribution is -2.49. The number of hydrogen-bond donors (Lipinski definition) is 3. The maximum atomic E-state index is 13.8. The van der Waals surface area contributed by atoms with Crippen molar-refractivity contribution >= 4 is 57.5 Å². The fraction of sp³-hybridized carbons (Fsp3) is 0.564. The quantitative estimate of drug-likeness (QED) is 0.0507. The first-order chi connectivity index (χ1) is 37.6. The molecule has 4 fully saturated rings. The van der Waals surface area contributed by atoms with Crippen LogP contribution in [0.4, 0.5) is 39.2 Å². The molecule has 0 unspecified atom stereocenters. The van der Waals surface area contributed by atoms with E-state index in [-0.39, 0.29) is 40.7 Å². The second kappa shape index (κ2) is 27.8. The first-order valence-electron chi connectivity index (χ1n) is 27.4. The molecular weight excluding hydrogens is 988 g/mol. The Balaban J connectivity index is 0.560. The molecule has 4 aliphatic rings. The number of halogens is 1. The summed E-state index contributed by atoms with van der Waals surface area (Å²) in [6.45, 7) is 17.1. The third kappa shape index (κ3) is 15.4. The minimum Gasteiger partial charge on any atom is -0.378 e. The van der Waals surface area contributed by atoms with E-state index in [4.69, 9.17) is 23.9 Å². The smallest absolute Gasteiger partial charge is 0.263 e. The van der Waals surface area contributed by atoms with Crippen LogP contribution in [-0.2, 0) is 23.7 Å². The third-order valence-corrected chi connectivity index (χ3v) is 14.9. The maximum Gasteiger partial charge on any atom is 0.263 e. The molecule has 7 heterocycles. The van der Waals surface area contributed by atoms with E-state index in [1.165, 1.54) is 13.0 Å². The summed E-state index contributed by atoms with van der Waals surface area (Å²) < 4.78 is 38.3. The van der Waals surface area contributed by atoms with Crippen molar-refractivity contribution in [2.24, 2.45) is 0 Å². The molecule has 1 aliphatic carbocycles. The number of carbonyl (C=O) groups is 2. The number of aromatic nitrogens is 6. The number of benzene rings is 1. The Bertz CT molecular complexity index is 2770. The van der Waals surface area contributed by atoms with E-state index in [1.807, 2.05) is 30.5 Å². The molecular formula is C55H75FN14O7. The number of ether oxygens (including phenoxy) is 4. The number of carbonyl (C=O) groups excluding carboxylic acids is 2. The Morgan fingerprint density at radius 2 is 1.42 bits per heavy atom. The highest BCUT2D eigenvalue weighted by atomic mass is 19.1. The van der Waals surface area contributed by atoms with Gasteiger partial charge in [0.2, 0.25) is 11.9 Å². The van der Waals surface area contributed by atoms with Crippen molar-refractivity contribution < 1.29 is 32.9 Å². The van der Waals surface area contributed by atoms with Crippen LogP contribution in [0.2, 0.25) is 0 Å². The lowest BCUT2D eigenvalue weighted by Gasteiger charge is -2.36. The monoisotopic (exact) mass is 1060 g/mol. The SMILES string of the molecule is CC(=O)c1c(C)c2cnc(Nc3ccc(N4CCN(CC(=O)NCCOCCOCCOCCOCCN5CCN(c6cc(N[C@@H]7CCCN(c8cccc(F)c8)C7)ncn6)CC5)CC4)cn3)nc2n(C2CCCC2)c1=O. The number of nitrogens with zero attached hydrogens (tertiary/aromatic N) is 11. The fourth-order valence-electron chi connectivity index (χ4n) is 10.7. The molecule has 0 bridgehead atoms. The number of ketones is 1. The molecule has 0 spiro atoms. The number of piperazine rings is 2. The fourth-order valence-corrected chi connectivity index (χ4v) is 10.7. The summed E-state index contributed by atoms with van der Waals surface area (Å²) in [4.78, 5) is 73.1. The lowest BCUT2D eigenvalue weighted by atomic mass is 10.0. The molecule has 22 heteroatoms. The molecule has 5 aromatic rings. The summed E-state index contributed by atoms with van der Waals surface area (Å²) in [7, 11) is 0. The zero-order valence-electron chi connectivity index (χ0n) is 44.7. The first kappa shape index (κ1) is 55.3. The number of rotatable bonds is 26. The van der Waals surface area contributed by atoms with Crippen LogP contribution in [0, 0.1) is 12.7 Å². The van der Waals surface area contributed by atoms with Crippen LogP contribution < -0.4 is 36.2 Å². The number of piperidine rings is 1. The van der Waals surface area contributed by atoms with Gasteiger partial charge in [0.15, 0.2) is 5.78 Å². The van der Waals surface area contributed by atoms with E-state index < -0.39 is 0 Å². The van der Waals surface area contributed by atoms with Gasteiger partial charge in [0.05, 0.1) is 76.8 Å². The highest BCUT2D eigenvalue weighted by Crippen LogP contribution is 2.32. The summed E-state index contributed by atoms with van der Waals surface area (Å²) in [5, 5.41) is 10.4. The molecule has 21 nitrogen and oxygen atoms in total. The van der Waals surface area contributed by atoms with Gasteiger partial charge >= 0.3 is 0 Å². The maximum absolute atomic E-state index is 13.8. The number of pyridine rings is 2. The van der Waals surface area contributed by atoms with E-state index in [2.05, 4.69) is 60.4 Å². The van der Waals surface area contributed by atoms with Crippen LogP contribution in [0.3, 0.4) is 0 Å². The van der Waals surface area contributed by atoms with Gasteiger partial charge in [0.25, 0.3) is 5.56 Å². The van der Waals surface area contributed by atoms with Gasteiger partial charge < -0.3 is 49.6 Å². The van der Waals surface area contributed by atoms with Gasteiger partial charge in [0.1, 0.15) is 35.2 Å². The number of aryl methyl sites for hydroxylation is 1. The zero-order chi connectivity index (χ0) is 53.3. The van der Waals surface area contributed by atoms with Crippen molar-refractivity contribution in [2.45, 2.75) is 64.5 Å². The summed E-state index contributed by atoms with van der Waals surface area (Å²) in [5.41, 5.74) is 2.96. The van der Waals surface area contributed by atoms with Gasteiger partial charge in [-0.1, -0.05) is 18.9 Å². The van der Waals surface area contributed by atoms with Crippen molar-refractivity contribution in [3.63, 3.8) is 0 Å². The second-order valence-electron chi connectivity index (χ2n) is 20.2. The zero-order valence-corrected chi connectivity index (χ0v) is 44.7. The number of Topliss-reactive ketones (excluding diaryl/α,β-unsaturated/α-hetero) is 1. The molecule has 3 saturated heterocycles. The van der Waals surface area contributed by atoms with Crippen LogP contribution >= 0.6 is 0 Å². The number of amides is 1. The normalized spacial score (nSPS) is 17.8. The number of fused-ring (bicyclic) bond motifs is 1. The first-order valence-corrected chi connectivity index (χ1v) is 27.4. The molecule has 1 atom stereocenters. The number of anilines is 6. The number of hydrogen-bond acceptors (Lipinski definition) is 19. The summed E-state index contributed by atoms with van der Waals surface area (Å²) in [6.07, 6.45) is 11.0. The van der Waals surface area contributed by atoms with Crippen LogP contribution in [0.5, 0.6) is 0 Å². The molecule has 1 amide bonds. The van der Waals surface area contributed by atoms with Crippen molar-refractivity contribution in [1.29, 1.82) is 0 Å². The second-order valence-corrected chi connectivity index (χ2v) is 20.2. The summed E-state index contributed by atoms with van der Waals surface area (Å²) in [6, 6.07) is 12.9. The molecule has 4 aromatic heterocycles. The largest absolute Gasteiger partial charge is 0.378 e. The van der Waals surface area contributed by atoms with E-state index >= 15 is 0 Å². The molecule has 1 aromatic carbocycles. The lowest BCUT2D eigenvalue weighted by molar-refractivity contribution is -0.122. The van der Waals surface area contributed by atoms with Crippen molar-refractivity contribution in [3.8, 4) is 0 Å². The minimum atomic E-state index is -0.282. The Morgan fingerprint density at radius 3 is 2.13 bits per heavy atom. The molecule has 77 heavy (non-hydrogen) atoms. The topological polar surface area (TPSA) is 210 Å². The number of nitrogens with one attached hydrogen (secondary N) is 3. The van der Waals surface area contributed by atoms with Gasteiger partial charge in [0, 0.05) is 114 Å². The van der Waals surface area contributed by atoms with Gasteiger partial charge in [-0.3, -0.25) is 28.8 Å². The van der Waals surface area contributed by atoms with E-state index in [0.717, 1.165) is 134 Å². The van der Waals surface area contributed by atoms with Gasteiger partial charge in [-0.15, -0.1) is 0 Å². The summed E-state index contributed by atoms with van der Waals surface area (Å²) in [5.74, 6) is 2.15. The molecule has 9 rings (SSSR count). The highest BCUT2D eigenvalue weighted by Gasteiger charge is 2.27. The van der Waals surface area contributed by atoms with Crippen molar-refractivity contribution in [3.05, 3.63) is 88.5 Å². The van der Waals surface area contributed by atoms with Crippen LogP contribution in [0.25, 0.3) is 11.0 Å². The minimum absolute atomic E-state index is 0.000222. The Kier molecular flexibility index (Phi) is 19.9. The predicted molar refractivity (Wildman–Crippen MR) is 294 cm³/mol. The Labute approximate surface area is 449 Å². The average Bonchev–Trinajstić information content (AvgIpc) is 4.00. The highest BCUT2D eigenvalue weighted by molar-refractivity contribution is 5.99. The Hall–Kier alpha value is -6.43. The molecule has 3 aliphatic heterocycles. The van der Waals surface area contributed by atoms with Crippen LogP contribution in [0.15, 0.2) is 66.0 Å².